The molecule has 0 aliphatic rings. The molecule has 17 heavy (non-hydrogen) atoms. The highest BCUT2D eigenvalue weighted by atomic mass is 19.4. The minimum Gasteiger partial charge on any atom is -0.382 e. The molecule has 1 aromatic rings. The number of halogens is 3. The molecule has 0 atom stereocenters. The van der Waals surface area contributed by atoms with E-state index in [0.717, 1.165) is 6.20 Å². The van der Waals surface area contributed by atoms with Crippen LogP contribution in [0.5, 0.6) is 0 Å². The Bertz CT molecular complexity index is 439. The Balaban J connectivity index is 3.40. The first-order valence-electron chi connectivity index (χ1n) is 5.05. The van der Waals surface area contributed by atoms with Crippen LogP contribution in [0, 0.1) is 11.3 Å². The fourth-order valence-corrected chi connectivity index (χ4v) is 1.41. The molecule has 1 aromatic heterocycles. The first-order valence-corrected chi connectivity index (χ1v) is 5.05. The first kappa shape index (κ1) is 13.4. The largest absolute Gasteiger partial charge is 0.435 e. The smallest absolute Gasteiger partial charge is 0.382 e. The summed E-state index contributed by atoms with van der Waals surface area (Å²) in [4.78, 5) is 0. The predicted octanol–water partition coefficient (Wildman–Crippen LogP) is 2.59. The van der Waals surface area contributed by atoms with Crippen LogP contribution in [-0.4, -0.2) is 16.3 Å². The van der Waals surface area contributed by atoms with Crippen molar-refractivity contribution in [1.82, 2.24) is 9.78 Å². The molecular formula is C10H13F3N4. The lowest BCUT2D eigenvalue weighted by Gasteiger charge is -2.21. The molecule has 0 fully saturated rings. The Morgan fingerprint density at radius 1 is 1.47 bits per heavy atom. The molecule has 0 unspecified atom stereocenters. The van der Waals surface area contributed by atoms with Gasteiger partial charge in [0.15, 0.2) is 5.69 Å². The van der Waals surface area contributed by atoms with Crippen molar-refractivity contribution in [3.05, 3.63) is 11.9 Å². The third kappa shape index (κ3) is 2.52. The minimum atomic E-state index is -4.55. The Morgan fingerprint density at radius 3 is 2.47 bits per heavy atom. The van der Waals surface area contributed by atoms with Crippen molar-refractivity contribution in [2.45, 2.75) is 32.5 Å². The van der Waals surface area contributed by atoms with Gasteiger partial charge in [-0.3, -0.25) is 0 Å². The molecule has 0 aromatic carbocycles. The lowest BCUT2D eigenvalue weighted by Crippen LogP contribution is -2.30. The van der Waals surface area contributed by atoms with Crippen molar-refractivity contribution >= 4 is 5.69 Å². The van der Waals surface area contributed by atoms with E-state index in [4.69, 9.17) is 5.26 Å². The van der Waals surface area contributed by atoms with E-state index in [2.05, 4.69) is 10.4 Å². The summed E-state index contributed by atoms with van der Waals surface area (Å²) in [7, 11) is 0. The van der Waals surface area contributed by atoms with Gasteiger partial charge in [-0.1, -0.05) is 0 Å². The molecule has 0 radical (unpaired) electrons. The van der Waals surface area contributed by atoms with E-state index in [1.54, 1.807) is 13.0 Å². The van der Waals surface area contributed by atoms with Crippen LogP contribution < -0.4 is 5.32 Å². The molecule has 0 aliphatic carbocycles. The summed E-state index contributed by atoms with van der Waals surface area (Å²) in [6.45, 7) is 4.80. The number of nitrogens with zero attached hydrogens (tertiary/aromatic N) is 3. The number of nitrogens with one attached hydrogen (secondary N) is 1. The fourth-order valence-electron chi connectivity index (χ4n) is 1.41. The summed E-state index contributed by atoms with van der Waals surface area (Å²) in [5.74, 6) is 0. The van der Waals surface area contributed by atoms with Gasteiger partial charge in [0.2, 0.25) is 0 Å². The van der Waals surface area contributed by atoms with Crippen LogP contribution in [0.25, 0.3) is 0 Å². The molecule has 0 bridgehead atoms. The molecule has 7 heteroatoms. The van der Waals surface area contributed by atoms with Gasteiger partial charge in [-0.2, -0.15) is 23.5 Å². The Kier molecular flexibility index (Phi) is 3.36. The van der Waals surface area contributed by atoms with Crippen molar-refractivity contribution in [3.63, 3.8) is 0 Å². The van der Waals surface area contributed by atoms with Crippen molar-refractivity contribution < 1.29 is 13.2 Å². The van der Waals surface area contributed by atoms with Gasteiger partial charge in [-0.25, -0.2) is 4.68 Å². The highest BCUT2D eigenvalue weighted by Gasteiger charge is 2.41. The third-order valence-corrected chi connectivity index (χ3v) is 2.21. The van der Waals surface area contributed by atoms with Crippen LogP contribution in [0.15, 0.2) is 6.20 Å². The van der Waals surface area contributed by atoms with E-state index in [0.29, 0.717) is 11.2 Å². The second-order valence-electron chi connectivity index (χ2n) is 4.02. The number of rotatable bonds is 3. The quantitative estimate of drug-likeness (QED) is 0.891. The molecule has 0 spiro atoms. The lowest BCUT2D eigenvalue weighted by molar-refractivity contribution is -0.144. The van der Waals surface area contributed by atoms with Gasteiger partial charge in [0.25, 0.3) is 0 Å². The number of nitriles is 1. The van der Waals surface area contributed by atoms with E-state index in [-0.39, 0.29) is 5.69 Å². The van der Waals surface area contributed by atoms with Gasteiger partial charge in [-0.15, -0.1) is 0 Å². The standard InChI is InChI=1S/C10H13F3N4/c1-4-15-7-5-16-17(9(2,3)6-14)8(7)10(11,12)13/h5,15H,4H2,1-3H3. The zero-order valence-corrected chi connectivity index (χ0v) is 9.76. The molecule has 94 valence electrons. The van der Waals surface area contributed by atoms with Gasteiger partial charge in [-0.05, 0) is 20.8 Å². The predicted molar refractivity (Wildman–Crippen MR) is 56.3 cm³/mol. The number of hydrogen-bond donors (Lipinski definition) is 1. The van der Waals surface area contributed by atoms with E-state index >= 15 is 0 Å². The number of alkyl halides is 3. The summed E-state index contributed by atoms with van der Waals surface area (Å²) >= 11 is 0. The van der Waals surface area contributed by atoms with Crippen LogP contribution >= 0.6 is 0 Å². The van der Waals surface area contributed by atoms with Crippen molar-refractivity contribution in [3.8, 4) is 6.07 Å². The molecule has 0 amide bonds. The zero-order chi connectivity index (χ0) is 13.3. The van der Waals surface area contributed by atoms with Crippen LogP contribution in [0.4, 0.5) is 18.9 Å². The molecule has 1 heterocycles. The Labute approximate surface area is 97.0 Å². The van der Waals surface area contributed by atoms with Crippen LogP contribution in [0.3, 0.4) is 0 Å². The van der Waals surface area contributed by atoms with Gasteiger partial charge < -0.3 is 5.32 Å². The highest BCUT2D eigenvalue weighted by molar-refractivity contribution is 5.48. The highest BCUT2D eigenvalue weighted by Crippen LogP contribution is 2.37. The van der Waals surface area contributed by atoms with Crippen LogP contribution in [-0.2, 0) is 11.7 Å². The van der Waals surface area contributed by atoms with Crippen LogP contribution in [0.2, 0.25) is 0 Å². The van der Waals surface area contributed by atoms with Gasteiger partial charge in [0.1, 0.15) is 5.54 Å². The topological polar surface area (TPSA) is 53.6 Å². The zero-order valence-electron chi connectivity index (χ0n) is 9.76. The van der Waals surface area contributed by atoms with Crippen LogP contribution in [0.1, 0.15) is 26.5 Å². The number of hydrogen-bond acceptors (Lipinski definition) is 3. The second kappa shape index (κ2) is 4.28. The SMILES string of the molecule is CCNc1cnn(C(C)(C)C#N)c1C(F)(F)F. The monoisotopic (exact) mass is 246 g/mol. The average molecular weight is 246 g/mol. The van der Waals surface area contributed by atoms with Crippen molar-refractivity contribution in [1.29, 1.82) is 5.26 Å². The molecular weight excluding hydrogens is 233 g/mol. The number of aromatic nitrogens is 2. The van der Waals surface area contributed by atoms with E-state index in [9.17, 15) is 13.2 Å². The molecule has 0 saturated heterocycles. The lowest BCUT2D eigenvalue weighted by atomic mass is 10.1. The van der Waals surface area contributed by atoms with E-state index in [1.807, 2.05) is 0 Å². The Hall–Kier alpha value is -1.71. The summed E-state index contributed by atoms with van der Waals surface area (Å²) in [6.07, 6.45) is -3.46. The third-order valence-electron chi connectivity index (χ3n) is 2.21. The molecule has 0 saturated carbocycles. The normalized spacial score (nSPS) is 12.3. The molecule has 1 rings (SSSR count). The summed E-state index contributed by atoms with van der Waals surface area (Å²) in [5.41, 5.74) is -2.38. The molecule has 0 aliphatic heterocycles. The van der Waals surface area contributed by atoms with Crippen molar-refractivity contribution in [2.24, 2.45) is 0 Å². The summed E-state index contributed by atoms with van der Waals surface area (Å²) < 4.78 is 39.5. The summed E-state index contributed by atoms with van der Waals surface area (Å²) in [5, 5.41) is 15.1. The summed E-state index contributed by atoms with van der Waals surface area (Å²) in [6, 6.07) is 1.80. The maximum absolute atomic E-state index is 12.9. The maximum atomic E-state index is 12.9. The van der Waals surface area contributed by atoms with E-state index in [1.165, 1.54) is 13.8 Å². The van der Waals surface area contributed by atoms with Gasteiger partial charge in [0, 0.05) is 6.54 Å². The number of anilines is 1. The van der Waals surface area contributed by atoms with Gasteiger partial charge >= 0.3 is 6.18 Å². The van der Waals surface area contributed by atoms with E-state index < -0.39 is 17.4 Å². The average Bonchev–Trinajstić information content (AvgIpc) is 2.62. The fraction of sp³-hybridized carbons (Fsp3) is 0.600. The minimum absolute atomic E-state index is 0.108. The van der Waals surface area contributed by atoms with Crippen molar-refractivity contribution in [2.75, 3.05) is 11.9 Å². The Morgan fingerprint density at radius 2 is 2.06 bits per heavy atom. The first-order chi connectivity index (χ1) is 7.74. The molecule has 4 nitrogen and oxygen atoms in total. The van der Waals surface area contributed by atoms with Gasteiger partial charge in [0.05, 0.1) is 18.0 Å². The maximum Gasteiger partial charge on any atom is 0.435 e. The second-order valence-corrected chi connectivity index (χ2v) is 4.02. The molecule has 1 N–H and O–H groups in total.